The standard InChI is InChI=1S/C50H40FN5O8S4/c1-62-36-21-18-30(19-22-36)26-64-48(60)44-31(27-65-41-25-39(57)37-23-20-35(51)24-40(37)67-41)29-68(61)47-43(46(59)56(44)47)53-45(58)42(55-63-2)38-28-66-49(52-38)54-50(32-12-6-3-7-13-32,33-14-8-4-9-15-33)34-16-10-5-11-17-34/h3-25,28,43,47H,26-27,29H2,1-2H3,(H,52,54)(H,53,58)/b55-42-/t43?,47-,68?/m0/s1. The number of methoxy groups -OCH3 is 1. The average molecular weight is 986 g/mol. The van der Waals surface area contributed by atoms with E-state index in [1.807, 2.05) is 91.0 Å². The number of oxime groups is 1. The van der Waals surface area contributed by atoms with Crippen LogP contribution in [0.2, 0.25) is 0 Å². The van der Waals surface area contributed by atoms with E-state index in [2.05, 4.69) is 15.8 Å². The molecule has 2 N–H and O–H groups in total. The van der Waals surface area contributed by atoms with Gasteiger partial charge in [-0.05, 0) is 58.2 Å². The number of hydrogen-bond donors (Lipinski definition) is 2. The van der Waals surface area contributed by atoms with Gasteiger partial charge in [-0.3, -0.25) is 23.5 Å². The van der Waals surface area contributed by atoms with Gasteiger partial charge in [-0.15, -0.1) is 34.4 Å². The third-order valence-electron chi connectivity index (χ3n) is 11.3. The summed E-state index contributed by atoms with van der Waals surface area (Å²) in [6.07, 6.45) is 0. The number of β-lactam (4-membered cyclic amide) rings is 1. The van der Waals surface area contributed by atoms with E-state index in [4.69, 9.17) is 19.3 Å². The highest BCUT2D eigenvalue weighted by atomic mass is 32.2. The first-order valence-corrected chi connectivity index (χ1v) is 25.1. The van der Waals surface area contributed by atoms with Crippen molar-refractivity contribution in [3.8, 4) is 5.75 Å². The lowest BCUT2D eigenvalue weighted by Gasteiger charge is -2.49. The van der Waals surface area contributed by atoms with Crippen LogP contribution in [0, 0.1) is 5.82 Å². The summed E-state index contributed by atoms with van der Waals surface area (Å²) in [7, 11) is 0.989. The van der Waals surface area contributed by atoms with Crippen LogP contribution >= 0.6 is 34.4 Å². The van der Waals surface area contributed by atoms with Crippen LogP contribution in [-0.4, -0.2) is 74.7 Å². The van der Waals surface area contributed by atoms with Gasteiger partial charge in [0.25, 0.3) is 11.8 Å². The number of thioether (sulfide) groups is 1. The first kappa shape index (κ1) is 46.1. The fourth-order valence-electron chi connectivity index (χ4n) is 8.11. The van der Waals surface area contributed by atoms with E-state index in [0.717, 1.165) is 21.6 Å². The predicted molar refractivity (Wildman–Crippen MR) is 263 cm³/mol. The Morgan fingerprint density at radius 2 is 1.54 bits per heavy atom. The molecule has 0 bridgehead atoms. The third kappa shape index (κ3) is 9.19. The number of esters is 1. The maximum Gasteiger partial charge on any atom is 0.355 e. The largest absolute Gasteiger partial charge is 0.497 e. The molecule has 2 amide bonds. The van der Waals surface area contributed by atoms with Crippen molar-refractivity contribution in [2.24, 2.45) is 5.16 Å². The van der Waals surface area contributed by atoms with Gasteiger partial charge in [-0.1, -0.05) is 108 Å². The number of fused-ring (bicyclic) bond motifs is 2. The minimum absolute atomic E-state index is 0.0495. The predicted octanol–water partition coefficient (Wildman–Crippen LogP) is 7.83. The fourth-order valence-corrected chi connectivity index (χ4v) is 12.9. The number of nitrogens with zero attached hydrogens (tertiary/aromatic N) is 3. The van der Waals surface area contributed by atoms with Gasteiger partial charge in [0.2, 0.25) is 0 Å². The number of halogens is 1. The molecule has 68 heavy (non-hydrogen) atoms. The maximum absolute atomic E-state index is 14.2. The normalized spacial score (nSPS) is 17.0. The lowest BCUT2D eigenvalue weighted by molar-refractivity contribution is -0.153. The molecular formula is C50H40FN5O8S4. The molecule has 0 aliphatic carbocycles. The minimum atomic E-state index is -1.82. The van der Waals surface area contributed by atoms with Crippen LogP contribution in [-0.2, 0) is 46.9 Å². The average Bonchev–Trinajstić information content (AvgIpc) is 3.83. The van der Waals surface area contributed by atoms with Gasteiger partial charge < -0.3 is 24.9 Å². The summed E-state index contributed by atoms with van der Waals surface area (Å²) >= 11 is 3.62. The molecule has 4 heterocycles. The smallest absolute Gasteiger partial charge is 0.355 e. The Balaban J connectivity index is 0.981. The topological polar surface area (TPSA) is 166 Å². The number of aromatic nitrogens is 1. The minimum Gasteiger partial charge on any atom is -0.497 e. The summed E-state index contributed by atoms with van der Waals surface area (Å²) in [5.74, 6) is -2.34. The highest BCUT2D eigenvalue weighted by Crippen LogP contribution is 2.42. The number of anilines is 1. The zero-order chi connectivity index (χ0) is 47.4. The Labute approximate surface area is 404 Å². The number of rotatable bonds is 16. The van der Waals surface area contributed by atoms with Crippen LogP contribution in [0.25, 0.3) is 10.1 Å². The Kier molecular flexibility index (Phi) is 13.6. The summed E-state index contributed by atoms with van der Waals surface area (Å²) in [6, 6.07) is 40.7. The number of carbonyl (C=O) groups excluding carboxylic acids is 3. The van der Waals surface area contributed by atoms with Crippen molar-refractivity contribution in [2.75, 3.05) is 31.0 Å². The zero-order valence-corrected chi connectivity index (χ0v) is 39.5. The third-order valence-corrected chi connectivity index (χ3v) is 16.1. The molecule has 2 aliphatic heterocycles. The van der Waals surface area contributed by atoms with Crippen molar-refractivity contribution in [1.82, 2.24) is 15.2 Å². The second-order valence-electron chi connectivity index (χ2n) is 15.4. The molecule has 2 unspecified atom stereocenters. The molecule has 3 atom stereocenters. The lowest BCUT2D eigenvalue weighted by atomic mass is 9.77. The van der Waals surface area contributed by atoms with Gasteiger partial charge in [-0.25, -0.2) is 14.2 Å². The van der Waals surface area contributed by atoms with Gasteiger partial charge in [0.15, 0.2) is 16.3 Å². The second kappa shape index (κ2) is 20.1. The molecular weight excluding hydrogens is 946 g/mol. The molecule has 2 aromatic heterocycles. The van der Waals surface area contributed by atoms with E-state index in [9.17, 15) is 27.8 Å². The van der Waals surface area contributed by atoms with E-state index in [1.165, 1.54) is 72.9 Å². The number of carbonyl (C=O) groups is 3. The molecule has 18 heteroatoms. The van der Waals surface area contributed by atoms with Gasteiger partial charge in [0, 0.05) is 27.3 Å². The van der Waals surface area contributed by atoms with Crippen LogP contribution in [0.15, 0.2) is 170 Å². The highest BCUT2D eigenvalue weighted by molar-refractivity contribution is 8.01. The van der Waals surface area contributed by atoms with E-state index in [0.29, 0.717) is 36.3 Å². The molecule has 2 aliphatic rings. The summed E-state index contributed by atoms with van der Waals surface area (Å²) in [5, 5.41) is 11.7. The molecule has 1 saturated heterocycles. The van der Waals surface area contributed by atoms with Crippen molar-refractivity contribution in [3.05, 3.63) is 200 Å². The first-order valence-electron chi connectivity index (χ1n) is 21.0. The highest BCUT2D eigenvalue weighted by Gasteiger charge is 2.57. The molecule has 0 saturated carbocycles. The SMILES string of the molecule is CO/N=C(\C(=O)NC1C(=O)N2C(C(=O)OCc3ccc(OC)cc3)=C(CSc3cc(=O)c4ccc(F)cc4s3)CS(=O)[C@@H]12)c1csc(NC(c2ccccc2)(c2ccccc2)c2ccccc2)n1. The number of nitrogens with one attached hydrogen (secondary N) is 2. The van der Waals surface area contributed by atoms with Crippen LogP contribution in [0.3, 0.4) is 0 Å². The number of hydrogen-bond acceptors (Lipinski definition) is 14. The van der Waals surface area contributed by atoms with E-state index in [-0.39, 0.29) is 40.6 Å². The van der Waals surface area contributed by atoms with Gasteiger partial charge >= 0.3 is 5.97 Å². The molecule has 5 aromatic carbocycles. The van der Waals surface area contributed by atoms with Crippen LogP contribution in [0.1, 0.15) is 27.9 Å². The van der Waals surface area contributed by atoms with Crippen molar-refractivity contribution < 1.29 is 37.3 Å². The quantitative estimate of drug-likeness (QED) is 0.0242. The van der Waals surface area contributed by atoms with E-state index in [1.54, 1.807) is 29.6 Å². The number of ether oxygens (including phenoxy) is 2. The monoisotopic (exact) mass is 985 g/mol. The number of benzene rings is 5. The van der Waals surface area contributed by atoms with Gasteiger partial charge in [0.05, 0.1) is 27.9 Å². The van der Waals surface area contributed by atoms with Crippen molar-refractivity contribution in [2.45, 2.75) is 27.8 Å². The first-order chi connectivity index (χ1) is 33.1. The van der Waals surface area contributed by atoms with Crippen molar-refractivity contribution in [3.63, 3.8) is 0 Å². The molecule has 344 valence electrons. The van der Waals surface area contributed by atoms with Gasteiger partial charge in [0.1, 0.15) is 53.6 Å². The van der Waals surface area contributed by atoms with Gasteiger partial charge in [-0.2, -0.15) is 0 Å². The Morgan fingerprint density at radius 3 is 2.16 bits per heavy atom. The van der Waals surface area contributed by atoms with Crippen LogP contribution < -0.4 is 20.8 Å². The Morgan fingerprint density at radius 1 is 0.897 bits per heavy atom. The second-order valence-corrected chi connectivity index (χ2v) is 20.2. The van der Waals surface area contributed by atoms with Crippen molar-refractivity contribution in [1.29, 1.82) is 0 Å². The summed E-state index contributed by atoms with van der Waals surface area (Å²) in [4.78, 5) is 66.5. The van der Waals surface area contributed by atoms with Crippen LogP contribution in [0.5, 0.6) is 5.75 Å². The molecule has 1 fully saturated rings. The molecule has 0 radical (unpaired) electrons. The summed E-state index contributed by atoms with van der Waals surface area (Å²) < 4.78 is 40.2. The molecule has 13 nitrogen and oxygen atoms in total. The van der Waals surface area contributed by atoms with E-state index >= 15 is 0 Å². The maximum atomic E-state index is 14.2. The molecule has 7 aromatic rings. The van der Waals surface area contributed by atoms with Crippen LogP contribution in [0.4, 0.5) is 9.52 Å². The summed E-state index contributed by atoms with van der Waals surface area (Å²) in [6.45, 7) is -0.148. The lowest BCUT2D eigenvalue weighted by Crippen LogP contribution is -2.74. The Bertz CT molecular complexity index is 3070. The number of amides is 2. The summed E-state index contributed by atoms with van der Waals surface area (Å²) in [5.41, 5.74) is 2.38. The number of thiazole rings is 1. The Hall–Kier alpha value is -6.99. The van der Waals surface area contributed by atoms with Crippen molar-refractivity contribution >= 4 is 83.9 Å². The zero-order valence-electron chi connectivity index (χ0n) is 36.3. The van der Waals surface area contributed by atoms with E-state index < -0.39 is 51.4 Å². The molecule has 9 rings (SSSR count). The fraction of sp³-hybridized carbons (Fsp3) is 0.160. The molecule has 0 spiro atoms.